The number of unbranched alkanes of at least 4 members (excludes halogenated alkanes) is 3. The Bertz CT molecular complexity index is 1110. The Morgan fingerprint density at radius 3 is 2.71 bits per heavy atom. The van der Waals surface area contributed by atoms with Crippen molar-refractivity contribution >= 4 is 29.3 Å². The van der Waals surface area contributed by atoms with Crippen LogP contribution in [-0.4, -0.2) is 24.1 Å². The van der Waals surface area contributed by atoms with E-state index < -0.39 is 17.5 Å². The molecular weight excluding hydrogens is 466 g/mol. The Morgan fingerprint density at radius 2 is 2.03 bits per heavy atom. The number of hydrogen-bond donors (Lipinski definition) is 2. The van der Waals surface area contributed by atoms with Gasteiger partial charge in [0.1, 0.15) is 17.1 Å². The third-order valence-corrected chi connectivity index (χ3v) is 6.70. The molecule has 7 nitrogen and oxygen atoms in total. The number of methoxy groups -OCH3 is 1. The fourth-order valence-corrected chi connectivity index (χ4v) is 4.57. The fourth-order valence-electron chi connectivity index (χ4n) is 3.52. The van der Waals surface area contributed by atoms with Crippen LogP contribution in [0.2, 0.25) is 0 Å². The maximum atomic E-state index is 12.9. The number of amides is 1. The minimum atomic E-state index is -0.852. The monoisotopic (exact) mass is 501 g/mol. The number of aromatic hydroxyl groups is 1. The predicted octanol–water partition coefficient (Wildman–Crippen LogP) is 6.57. The Morgan fingerprint density at radius 1 is 1.26 bits per heavy atom. The number of hydrogen-bond acceptors (Lipinski definition) is 7. The summed E-state index contributed by atoms with van der Waals surface area (Å²) in [7, 11) is 1.28. The smallest absolute Gasteiger partial charge is 0.410 e. The van der Waals surface area contributed by atoms with E-state index in [9.17, 15) is 19.5 Å². The van der Waals surface area contributed by atoms with Crippen molar-refractivity contribution in [1.82, 2.24) is 5.32 Å². The van der Waals surface area contributed by atoms with Gasteiger partial charge in [-0.1, -0.05) is 39.2 Å². The van der Waals surface area contributed by atoms with E-state index in [1.807, 2.05) is 13.0 Å². The van der Waals surface area contributed by atoms with E-state index >= 15 is 0 Å². The highest BCUT2D eigenvalue weighted by molar-refractivity contribution is 7.12. The number of nitrogens with one attached hydrogen (secondary N) is 1. The third-order valence-electron chi connectivity index (χ3n) is 5.61. The summed E-state index contributed by atoms with van der Waals surface area (Å²) >= 11 is 1.63. The third kappa shape index (κ3) is 8.87. The molecule has 0 aliphatic heterocycles. The number of ketones is 1. The van der Waals surface area contributed by atoms with Gasteiger partial charge in [-0.05, 0) is 56.4 Å². The van der Waals surface area contributed by atoms with Gasteiger partial charge in [0, 0.05) is 27.9 Å². The lowest BCUT2D eigenvalue weighted by molar-refractivity contribution is 0.102. The van der Waals surface area contributed by atoms with Gasteiger partial charge in [-0.25, -0.2) is 9.59 Å². The van der Waals surface area contributed by atoms with Gasteiger partial charge in [-0.3, -0.25) is 10.1 Å². The van der Waals surface area contributed by atoms with E-state index in [-0.39, 0.29) is 17.2 Å². The van der Waals surface area contributed by atoms with Gasteiger partial charge >= 0.3 is 11.7 Å². The van der Waals surface area contributed by atoms with Crippen molar-refractivity contribution < 1.29 is 23.8 Å². The van der Waals surface area contributed by atoms with E-state index in [0.29, 0.717) is 24.2 Å². The number of ether oxygens (including phenoxy) is 1. The molecule has 0 saturated heterocycles. The van der Waals surface area contributed by atoms with Crippen LogP contribution in [0, 0.1) is 0 Å². The largest absolute Gasteiger partial charge is 0.507 e. The van der Waals surface area contributed by atoms with Crippen molar-refractivity contribution in [3.8, 4) is 5.75 Å². The maximum Gasteiger partial charge on any atom is 0.410 e. The van der Waals surface area contributed by atoms with E-state index in [1.165, 1.54) is 43.5 Å². The van der Waals surface area contributed by atoms with E-state index in [1.54, 1.807) is 30.4 Å². The molecule has 2 aromatic rings. The van der Waals surface area contributed by atoms with Gasteiger partial charge in [0.2, 0.25) is 0 Å². The molecule has 8 heteroatoms. The number of alkyl carbamates (subject to hydrolysis) is 1. The average Bonchev–Trinajstić information content (AvgIpc) is 3.27. The van der Waals surface area contributed by atoms with Gasteiger partial charge in [0.05, 0.1) is 7.11 Å². The molecule has 1 amide bonds. The molecule has 2 aromatic heterocycles. The SMILES string of the molecule is CCCCCCc1ccc(/C=C(\C)C(=O)c2c(O)cc(C(C)CC/C=C/NC(=O)OC)oc2=O)s1. The molecule has 0 saturated carbocycles. The molecule has 2 rings (SSSR count). The first-order chi connectivity index (χ1) is 16.8. The van der Waals surface area contributed by atoms with Crippen molar-refractivity contribution in [2.24, 2.45) is 0 Å². The van der Waals surface area contributed by atoms with Gasteiger partial charge in [0.15, 0.2) is 5.78 Å². The van der Waals surface area contributed by atoms with Crippen LogP contribution in [0.1, 0.15) is 91.1 Å². The molecule has 2 N–H and O–H groups in total. The minimum absolute atomic E-state index is 0.181. The Hall–Kier alpha value is -3.13. The molecule has 35 heavy (non-hydrogen) atoms. The van der Waals surface area contributed by atoms with Gasteiger partial charge in [0.25, 0.3) is 0 Å². The summed E-state index contributed by atoms with van der Waals surface area (Å²) in [5.74, 6) is -0.818. The first-order valence-electron chi connectivity index (χ1n) is 11.9. The zero-order valence-corrected chi connectivity index (χ0v) is 21.7. The number of carbonyl (C=O) groups excluding carboxylic acids is 2. The number of carbonyl (C=O) groups is 2. The van der Waals surface area contributed by atoms with Crippen LogP contribution in [-0.2, 0) is 11.2 Å². The number of rotatable bonds is 13. The first kappa shape index (κ1) is 28.1. The summed E-state index contributed by atoms with van der Waals surface area (Å²) in [5.41, 5.74) is -0.848. The van der Waals surface area contributed by atoms with E-state index in [0.717, 1.165) is 17.7 Å². The van der Waals surface area contributed by atoms with Gasteiger partial charge in [-0.15, -0.1) is 11.3 Å². The minimum Gasteiger partial charge on any atom is -0.507 e. The van der Waals surface area contributed by atoms with Crippen LogP contribution in [0.15, 0.2) is 45.3 Å². The summed E-state index contributed by atoms with van der Waals surface area (Å²) in [6.07, 6.45) is 11.4. The summed E-state index contributed by atoms with van der Waals surface area (Å²) in [5, 5.41) is 12.9. The van der Waals surface area contributed by atoms with Gasteiger partial charge < -0.3 is 14.3 Å². The number of Topliss-reactive ketones (excluding diaryl/α,β-unsaturated/α-hetero) is 1. The quantitative estimate of drug-likeness (QED) is 0.183. The lowest BCUT2D eigenvalue weighted by atomic mass is 10.00. The Labute approximate surface area is 210 Å². The highest BCUT2D eigenvalue weighted by Gasteiger charge is 2.22. The topological polar surface area (TPSA) is 106 Å². The highest BCUT2D eigenvalue weighted by atomic mass is 32.1. The zero-order chi connectivity index (χ0) is 25.8. The normalized spacial score (nSPS) is 12.6. The van der Waals surface area contributed by atoms with Crippen molar-refractivity contribution in [1.29, 1.82) is 0 Å². The molecule has 2 heterocycles. The highest BCUT2D eigenvalue weighted by Crippen LogP contribution is 2.27. The molecule has 0 aliphatic carbocycles. The molecular formula is C27H35NO6S. The predicted molar refractivity (Wildman–Crippen MR) is 139 cm³/mol. The van der Waals surface area contributed by atoms with Crippen LogP contribution >= 0.6 is 11.3 Å². The Kier molecular flexibility index (Phi) is 11.5. The summed E-state index contributed by atoms with van der Waals surface area (Å²) in [6.45, 7) is 5.67. The molecule has 1 atom stereocenters. The molecule has 0 bridgehead atoms. The van der Waals surface area contributed by atoms with Crippen LogP contribution in [0.25, 0.3) is 6.08 Å². The van der Waals surface area contributed by atoms with Crippen molar-refractivity contribution in [2.45, 2.75) is 71.6 Å². The standard InChI is InChI=1S/C27H35NO6S/c1-5-6-7-8-12-20-13-14-21(35-20)16-19(3)25(30)24-22(29)17-23(34-26(24)31)18(2)11-9-10-15-28-27(32)33-4/h10,13-18,29H,5-9,11-12H2,1-4H3,(H,28,32)/b15-10+,19-16+. The molecule has 190 valence electrons. The van der Waals surface area contributed by atoms with Crippen molar-refractivity contribution in [3.05, 3.63) is 67.5 Å². The molecule has 0 fully saturated rings. The second kappa shape index (κ2) is 14.3. The molecule has 0 spiro atoms. The van der Waals surface area contributed by atoms with E-state index in [4.69, 9.17) is 4.42 Å². The van der Waals surface area contributed by atoms with Crippen molar-refractivity contribution in [2.75, 3.05) is 7.11 Å². The van der Waals surface area contributed by atoms with E-state index in [2.05, 4.69) is 23.0 Å². The zero-order valence-electron chi connectivity index (χ0n) is 20.9. The summed E-state index contributed by atoms with van der Waals surface area (Å²) in [4.78, 5) is 38.7. The van der Waals surface area contributed by atoms with Crippen LogP contribution in [0.5, 0.6) is 5.75 Å². The number of aryl methyl sites for hydroxylation is 1. The summed E-state index contributed by atoms with van der Waals surface area (Å²) in [6, 6.07) is 5.38. The van der Waals surface area contributed by atoms with Crippen molar-refractivity contribution in [3.63, 3.8) is 0 Å². The maximum absolute atomic E-state index is 12.9. The number of allylic oxidation sites excluding steroid dienone is 2. The van der Waals surface area contributed by atoms with Crippen LogP contribution in [0.3, 0.4) is 0 Å². The molecule has 0 radical (unpaired) electrons. The number of thiophene rings is 1. The summed E-state index contributed by atoms with van der Waals surface area (Å²) < 4.78 is 9.85. The molecule has 0 aliphatic rings. The lowest BCUT2D eigenvalue weighted by Crippen LogP contribution is -2.16. The fraction of sp³-hybridized carbons (Fsp3) is 0.444. The second-order valence-electron chi connectivity index (χ2n) is 8.48. The Balaban J connectivity index is 2.04. The first-order valence-corrected chi connectivity index (χ1v) is 12.8. The average molecular weight is 502 g/mol. The van der Waals surface area contributed by atoms with Gasteiger partial charge in [-0.2, -0.15) is 0 Å². The lowest BCUT2D eigenvalue weighted by Gasteiger charge is -2.11. The van der Waals surface area contributed by atoms with Crippen LogP contribution < -0.4 is 10.9 Å². The van der Waals surface area contributed by atoms with Crippen LogP contribution in [0.4, 0.5) is 4.79 Å². The molecule has 0 aromatic carbocycles. The molecule has 1 unspecified atom stereocenters. The second-order valence-corrected chi connectivity index (χ2v) is 9.68.